The third-order valence-electron chi connectivity index (χ3n) is 6.46. The summed E-state index contributed by atoms with van der Waals surface area (Å²) in [6.45, 7) is 4.61. The molecule has 0 aliphatic heterocycles. The van der Waals surface area contributed by atoms with Crippen LogP contribution in [0.15, 0.2) is 97.1 Å². The summed E-state index contributed by atoms with van der Waals surface area (Å²) in [5.74, 6) is 0.0805. The van der Waals surface area contributed by atoms with Gasteiger partial charge in [0.05, 0.1) is 23.3 Å². The molecule has 0 aromatic heterocycles. The minimum Gasteiger partial charge on any atom is -0.494 e. The van der Waals surface area contributed by atoms with E-state index in [0.29, 0.717) is 29.2 Å². The van der Waals surface area contributed by atoms with Crippen LogP contribution in [0.2, 0.25) is 0 Å². The molecule has 42 heavy (non-hydrogen) atoms. The maximum atomic E-state index is 12.6. The SMILES string of the molecule is CCCCCCc1ccc(OC(=O)c2ccc(OC(=O)c3ccc(OC(=O)c4ccc(OCC)cc4)cc3)cc2)cc1. The van der Waals surface area contributed by atoms with Crippen molar-refractivity contribution in [2.45, 2.75) is 46.0 Å². The Balaban J connectivity index is 1.26. The highest BCUT2D eigenvalue weighted by molar-refractivity contribution is 5.93. The summed E-state index contributed by atoms with van der Waals surface area (Å²) in [5.41, 5.74) is 2.20. The van der Waals surface area contributed by atoms with E-state index in [1.807, 2.05) is 19.1 Å². The Morgan fingerprint density at radius 2 is 0.857 bits per heavy atom. The Bertz CT molecular complexity index is 1460. The van der Waals surface area contributed by atoms with Gasteiger partial charge in [-0.05, 0) is 110 Å². The van der Waals surface area contributed by atoms with Crippen molar-refractivity contribution in [3.63, 3.8) is 0 Å². The Kier molecular flexibility index (Phi) is 10.9. The standard InChI is InChI=1S/C35H34O7/c1-3-5-6-7-8-25-9-17-30(18-10-25)40-34(37)27-13-21-32(22-14-27)42-35(38)28-15-23-31(24-16-28)41-33(36)26-11-19-29(20-12-26)39-4-2/h9-24H,3-8H2,1-2H3. The van der Waals surface area contributed by atoms with Gasteiger partial charge in [0.25, 0.3) is 0 Å². The molecule has 0 N–H and O–H groups in total. The predicted octanol–water partition coefficient (Wildman–Crippen LogP) is 7.87. The molecule has 0 radical (unpaired) electrons. The van der Waals surface area contributed by atoms with Crippen molar-refractivity contribution in [3.8, 4) is 23.0 Å². The second kappa shape index (κ2) is 15.2. The molecule has 0 atom stereocenters. The Labute approximate surface area is 246 Å². The number of benzene rings is 4. The van der Waals surface area contributed by atoms with E-state index in [2.05, 4.69) is 6.92 Å². The van der Waals surface area contributed by atoms with Crippen LogP contribution in [0.25, 0.3) is 0 Å². The number of carbonyl (C=O) groups excluding carboxylic acids is 3. The zero-order chi connectivity index (χ0) is 29.7. The molecule has 0 heterocycles. The number of rotatable bonds is 13. The van der Waals surface area contributed by atoms with E-state index < -0.39 is 17.9 Å². The largest absolute Gasteiger partial charge is 0.494 e. The normalized spacial score (nSPS) is 10.5. The zero-order valence-corrected chi connectivity index (χ0v) is 23.8. The van der Waals surface area contributed by atoms with Gasteiger partial charge in [-0.1, -0.05) is 38.3 Å². The van der Waals surface area contributed by atoms with E-state index in [9.17, 15) is 14.4 Å². The van der Waals surface area contributed by atoms with Gasteiger partial charge in [0.2, 0.25) is 0 Å². The molecule has 4 aromatic carbocycles. The van der Waals surface area contributed by atoms with E-state index >= 15 is 0 Å². The van der Waals surface area contributed by atoms with Crippen LogP contribution < -0.4 is 18.9 Å². The molecule has 0 aliphatic rings. The molecule has 4 rings (SSSR count). The molecule has 0 saturated carbocycles. The van der Waals surface area contributed by atoms with Gasteiger partial charge in [0.1, 0.15) is 23.0 Å². The first-order valence-electron chi connectivity index (χ1n) is 14.1. The van der Waals surface area contributed by atoms with Crippen LogP contribution in [-0.2, 0) is 6.42 Å². The van der Waals surface area contributed by atoms with Crippen molar-refractivity contribution < 1.29 is 33.3 Å². The lowest BCUT2D eigenvalue weighted by atomic mass is 10.1. The number of ether oxygens (including phenoxy) is 4. The number of hydrogen-bond acceptors (Lipinski definition) is 7. The van der Waals surface area contributed by atoms with Crippen molar-refractivity contribution in [2.75, 3.05) is 6.61 Å². The molecule has 216 valence electrons. The molecule has 0 spiro atoms. The summed E-state index contributed by atoms with van der Waals surface area (Å²) in [5, 5.41) is 0. The fourth-order valence-corrected chi connectivity index (χ4v) is 4.15. The summed E-state index contributed by atoms with van der Waals surface area (Å²) in [7, 11) is 0. The minimum absolute atomic E-state index is 0.271. The average molecular weight is 567 g/mol. The molecule has 0 fully saturated rings. The summed E-state index contributed by atoms with van der Waals surface area (Å²) in [6, 6.07) is 26.4. The van der Waals surface area contributed by atoms with E-state index in [-0.39, 0.29) is 17.1 Å². The van der Waals surface area contributed by atoms with Crippen LogP contribution in [-0.4, -0.2) is 24.5 Å². The summed E-state index contributed by atoms with van der Waals surface area (Å²) >= 11 is 0. The summed E-state index contributed by atoms with van der Waals surface area (Å²) < 4.78 is 21.7. The topological polar surface area (TPSA) is 88.1 Å². The van der Waals surface area contributed by atoms with Gasteiger partial charge < -0.3 is 18.9 Å². The first-order chi connectivity index (χ1) is 20.4. The molecule has 7 heteroatoms. The predicted molar refractivity (Wildman–Crippen MR) is 160 cm³/mol. The lowest BCUT2D eigenvalue weighted by Gasteiger charge is -2.08. The van der Waals surface area contributed by atoms with Gasteiger partial charge >= 0.3 is 17.9 Å². The van der Waals surface area contributed by atoms with E-state index in [4.69, 9.17) is 18.9 Å². The molecule has 0 amide bonds. The van der Waals surface area contributed by atoms with Crippen LogP contribution >= 0.6 is 0 Å². The minimum atomic E-state index is -0.593. The lowest BCUT2D eigenvalue weighted by molar-refractivity contribution is 0.0725. The van der Waals surface area contributed by atoms with Crippen LogP contribution in [0.5, 0.6) is 23.0 Å². The smallest absolute Gasteiger partial charge is 0.343 e. The van der Waals surface area contributed by atoms with Crippen LogP contribution in [0.3, 0.4) is 0 Å². The van der Waals surface area contributed by atoms with Crippen molar-refractivity contribution in [2.24, 2.45) is 0 Å². The number of aryl methyl sites for hydroxylation is 1. The highest BCUT2D eigenvalue weighted by Gasteiger charge is 2.14. The molecule has 0 saturated heterocycles. The number of carbonyl (C=O) groups is 3. The molecule has 4 aromatic rings. The first kappa shape index (κ1) is 30.1. The van der Waals surface area contributed by atoms with Gasteiger partial charge in [0.15, 0.2) is 0 Å². The van der Waals surface area contributed by atoms with Gasteiger partial charge in [0, 0.05) is 0 Å². The lowest BCUT2D eigenvalue weighted by Crippen LogP contribution is -2.11. The Morgan fingerprint density at radius 3 is 1.24 bits per heavy atom. The van der Waals surface area contributed by atoms with Crippen molar-refractivity contribution in [3.05, 3.63) is 119 Å². The highest BCUT2D eigenvalue weighted by Crippen LogP contribution is 2.20. The number of unbranched alkanes of at least 4 members (excludes halogenated alkanes) is 3. The monoisotopic (exact) mass is 566 g/mol. The third-order valence-corrected chi connectivity index (χ3v) is 6.46. The molecular formula is C35H34O7. The van der Waals surface area contributed by atoms with Gasteiger partial charge in [-0.2, -0.15) is 0 Å². The molecule has 0 unspecified atom stereocenters. The Hall–Kier alpha value is -4.91. The van der Waals surface area contributed by atoms with Crippen molar-refractivity contribution in [1.29, 1.82) is 0 Å². The maximum Gasteiger partial charge on any atom is 0.343 e. The van der Waals surface area contributed by atoms with Crippen LogP contribution in [0.1, 0.15) is 76.2 Å². The summed E-state index contributed by atoms with van der Waals surface area (Å²) in [6.07, 6.45) is 5.83. The fraction of sp³-hybridized carbons (Fsp3) is 0.229. The second-order valence-electron chi connectivity index (χ2n) is 9.63. The van der Waals surface area contributed by atoms with Gasteiger partial charge in [-0.3, -0.25) is 0 Å². The second-order valence-corrected chi connectivity index (χ2v) is 9.63. The van der Waals surface area contributed by atoms with Crippen molar-refractivity contribution >= 4 is 17.9 Å². The number of esters is 3. The van der Waals surface area contributed by atoms with Crippen LogP contribution in [0, 0.1) is 0 Å². The molecule has 0 aliphatic carbocycles. The Morgan fingerprint density at radius 1 is 0.476 bits per heavy atom. The highest BCUT2D eigenvalue weighted by atomic mass is 16.5. The zero-order valence-electron chi connectivity index (χ0n) is 23.8. The molecular weight excluding hydrogens is 532 g/mol. The molecule has 7 nitrogen and oxygen atoms in total. The third kappa shape index (κ3) is 8.80. The maximum absolute atomic E-state index is 12.6. The molecule has 0 bridgehead atoms. The first-order valence-corrected chi connectivity index (χ1v) is 14.1. The van der Waals surface area contributed by atoms with Crippen molar-refractivity contribution in [1.82, 2.24) is 0 Å². The fourth-order valence-electron chi connectivity index (χ4n) is 4.15. The average Bonchev–Trinajstić information content (AvgIpc) is 3.01. The number of hydrogen-bond donors (Lipinski definition) is 0. The van der Waals surface area contributed by atoms with Crippen LogP contribution in [0.4, 0.5) is 0 Å². The summed E-state index contributed by atoms with van der Waals surface area (Å²) in [4.78, 5) is 37.6. The van der Waals surface area contributed by atoms with E-state index in [1.165, 1.54) is 73.4 Å². The van der Waals surface area contributed by atoms with E-state index in [0.717, 1.165) is 12.8 Å². The van der Waals surface area contributed by atoms with E-state index in [1.54, 1.807) is 36.4 Å². The quantitative estimate of drug-likeness (QED) is 0.0924. The van der Waals surface area contributed by atoms with Gasteiger partial charge in [-0.15, -0.1) is 0 Å². The van der Waals surface area contributed by atoms with Gasteiger partial charge in [-0.25, -0.2) is 14.4 Å².